The van der Waals surface area contributed by atoms with E-state index < -0.39 is 6.10 Å². The fourth-order valence-electron chi connectivity index (χ4n) is 2.87. The van der Waals surface area contributed by atoms with Gasteiger partial charge in [0.1, 0.15) is 5.75 Å². The smallest absolute Gasteiger partial charge is 0.263 e. The molecule has 4 nitrogen and oxygen atoms in total. The van der Waals surface area contributed by atoms with Crippen LogP contribution in [0.3, 0.4) is 0 Å². The van der Waals surface area contributed by atoms with Gasteiger partial charge in [0.15, 0.2) is 6.10 Å². The van der Waals surface area contributed by atoms with Crippen LogP contribution in [0, 0.1) is 6.92 Å². The normalized spacial score (nSPS) is 19.9. The van der Waals surface area contributed by atoms with Crippen LogP contribution in [0.15, 0.2) is 18.2 Å². The summed E-state index contributed by atoms with van der Waals surface area (Å²) in [6.45, 7) is 9.60. The first-order valence-electron chi connectivity index (χ1n) is 7.70. The molecule has 0 aliphatic carbocycles. The number of nitrogens with zero attached hydrogens (tertiary/aromatic N) is 1. The summed E-state index contributed by atoms with van der Waals surface area (Å²) in [7, 11) is 0. The molecule has 2 N–H and O–H groups in total. The van der Waals surface area contributed by atoms with Crippen molar-refractivity contribution in [3.05, 3.63) is 29.3 Å². The lowest BCUT2D eigenvalue weighted by molar-refractivity contribution is -0.136. The van der Waals surface area contributed by atoms with Crippen LogP contribution >= 0.6 is 0 Å². The molecule has 1 heterocycles. The van der Waals surface area contributed by atoms with Gasteiger partial charge in [0, 0.05) is 19.1 Å². The van der Waals surface area contributed by atoms with Gasteiger partial charge in [0.25, 0.3) is 5.91 Å². The first-order chi connectivity index (χ1) is 9.88. The van der Waals surface area contributed by atoms with E-state index in [9.17, 15) is 4.79 Å². The Morgan fingerprint density at radius 3 is 2.62 bits per heavy atom. The van der Waals surface area contributed by atoms with Gasteiger partial charge >= 0.3 is 0 Å². The van der Waals surface area contributed by atoms with Crippen molar-refractivity contribution < 1.29 is 9.53 Å². The third kappa shape index (κ3) is 3.76. The molecule has 2 rings (SSSR count). The highest BCUT2D eigenvalue weighted by molar-refractivity contribution is 5.81. The summed E-state index contributed by atoms with van der Waals surface area (Å²) in [6, 6.07) is 6.14. The lowest BCUT2D eigenvalue weighted by Gasteiger charge is -2.22. The molecule has 4 heteroatoms. The molecule has 0 spiro atoms. The summed E-state index contributed by atoms with van der Waals surface area (Å²) in [5, 5.41) is 0. The largest absolute Gasteiger partial charge is 0.481 e. The summed E-state index contributed by atoms with van der Waals surface area (Å²) in [5.74, 6) is 1.26. The average molecular weight is 290 g/mol. The third-order valence-electron chi connectivity index (χ3n) is 4.06. The number of carbonyl (C=O) groups excluding carboxylic acids is 1. The SMILES string of the molecule is Cc1cc(OC(C)C(=O)N2CC[C@@H](N)C2)ccc1C(C)C. The fourth-order valence-corrected chi connectivity index (χ4v) is 2.87. The predicted molar refractivity (Wildman–Crippen MR) is 84.5 cm³/mol. The second kappa shape index (κ2) is 6.48. The van der Waals surface area contributed by atoms with Crippen molar-refractivity contribution in [2.75, 3.05) is 13.1 Å². The molecule has 0 saturated carbocycles. The average Bonchev–Trinajstić information content (AvgIpc) is 2.84. The summed E-state index contributed by atoms with van der Waals surface area (Å²) in [6.07, 6.45) is 0.403. The predicted octanol–water partition coefficient (Wildman–Crippen LogP) is 2.45. The number of benzene rings is 1. The van der Waals surface area contributed by atoms with Crippen LogP contribution in [-0.4, -0.2) is 36.0 Å². The zero-order valence-electron chi connectivity index (χ0n) is 13.4. The van der Waals surface area contributed by atoms with Crippen LogP contribution in [0.5, 0.6) is 5.75 Å². The Balaban J connectivity index is 2.01. The van der Waals surface area contributed by atoms with Crippen molar-refractivity contribution in [3.8, 4) is 5.75 Å². The highest BCUT2D eigenvalue weighted by Crippen LogP contribution is 2.24. The number of rotatable bonds is 4. The van der Waals surface area contributed by atoms with Crippen molar-refractivity contribution >= 4 is 5.91 Å². The molecular formula is C17H26N2O2. The van der Waals surface area contributed by atoms with Gasteiger partial charge in [0.05, 0.1) is 0 Å². The number of ether oxygens (including phenoxy) is 1. The number of hydrogen-bond acceptors (Lipinski definition) is 3. The molecule has 0 aromatic heterocycles. The van der Waals surface area contributed by atoms with Crippen LogP contribution in [0.1, 0.15) is 44.2 Å². The number of likely N-dealkylation sites (tertiary alicyclic amines) is 1. The molecule has 116 valence electrons. The van der Waals surface area contributed by atoms with E-state index in [1.165, 1.54) is 11.1 Å². The van der Waals surface area contributed by atoms with E-state index in [0.29, 0.717) is 12.5 Å². The summed E-state index contributed by atoms with van der Waals surface area (Å²) in [4.78, 5) is 14.1. The molecule has 1 aliphatic heterocycles. The van der Waals surface area contributed by atoms with Crippen molar-refractivity contribution in [2.24, 2.45) is 5.73 Å². The van der Waals surface area contributed by atoms with Gasteiger partial charge in [-0.1, -0.05) is 19.9 Å². The Bertz CT molecular complexity index is 514. The Morgan fingerprint density at radius 2 is 2.10 bits per heavy atom. The topological polar surface area (TPSA) is 55.6 Å². The second-order valence-electron chi connectivity index (χ2n) is 6.27. The number of aryl methyl sites for hydroxylation is 1. The molecule has 0 radical (unpaired) electrons. The molecule has 1 aliphatic rings. The van der Waals surface area contributed by atoms with Gasteiger partial charge in [-0.2, -0.15) is 0 Å². The highest BCUT2D eigenvalue weighted by atomic mass is 16.5. The van der Waals surface area contributed by atoms with E-state index in [2.05, 4.69) is 26.8 Å². The molecule has 0 bridgehead atoms. The van der Waals surface area contributed by atoms with Crippen molar-refractivity contribution in [1.29, 1.82) is 0 Å². The maximum Gasteiger partial charge on any atom is 0.263 e. The highest BCUT2D eigenvalue weighted by Gasteiger charge is 2.28. The van der Waals surface area contributed by atoms with Crippen LogP contribution < -0.4 is 10.5 Å². The first kappa shape index (κ1) is 15.8. The molecular weight excluding hydrogens is 264 g/mol. The minimum atomic E-state index is -0.473. The lowest BCUT2D eigenvalue weighted by atomic mass is 9.98. The molecule has 1 amide bonds. The van der Waals surface area contributed by atoms with Crippen LogP contribution in [0.4, 0.5) is 0 Å². The van der Waals surface area contributed by atoms with Crippen molar-refractivity contribution in [3.63, 3.8) is 0 Å². The van der Waals surface area contributed by atoms with Gasteiger partial charge in [0.2, 0.25) is 0 Å². The van der Waals surface area contributed by atoms with Crippen LogP contribution in [-0.2, 0) is 4.79 Å². The van der Waals surface area contributed by atoms with E-state index in [-0.39, 0.29) is 11.9 Å². The molecule has 1 fully saturated rings. The molecule has 1 saturated heterocycles. The maximum absolute atomic E-state index is 12.3. The van der Waals surface area contributed by atoms with Crippen LogP contribution in [0.2, 0.25) is 0 Å². The standard InChI is InChI=1S/C17H26N2O2/c1-11(2)16-6-5-15(9-12(16)3)21-13(4)17(20)19-8-7-14(18)10-19/h5-6,9,11,13-14H,7-8,10,18H2,1-4H3/t13?,14-/m1/s1. The Morgan fingerprint density at radius 1 is 1.38 bits per heavy atom. The van der Waals surface area contributed by atoms with Gasteiger partial charge < -0.3 is 15.4 Å². The van der Waals surface area contributed by atoms with E-state index in [4.69, 9.17) is 10.5 Å². The van der Waals surface area contributed by atoms with E-state index in [1.807, 2.05) is 12.1 Å². The van der Waals surface area contributed by atoms with Gasteiger partial charge in [-0.3, -0.25) is 4.79 Å². The summed E-state index contributed by atoms with van der Waals surface area (Å²) >= 11 is 0. The Labute approximate surface area is 127 Å². The molecule has 1 unspecified atom stereocenters. The molecule has 21 heavy (non-hydrogen) atoms. The number of amides is 1. The van der Waals surface area contributed by atoms with Crippen molar-refractivity contribution in [2.45, 2.75) is 52.2 Å². The van der Waals surface area contributed by atoms with Gasteiger partial charge in [-0.05, 0) is 49.4 Å². The van der Waals surface area contributed by atoms with Crippen molar-refractivity contribution in [1.82, 2.24) is 4.90 Å². The maximum atomic E-state index is 12.3. The first-order valence-corrected chi connectivity index (χ1v) is 7.70. The minimum Gasteiger partial charge on any atom is -0.481 e. The lowest BCUT2D eigenvalue weighted by Crippen LogP contribution is -2.40. The molecule has 1 aromatic rings. The quantitative estimate of drug-likeness (QED) is 0.926. The third-order valence-corrected chi connectivity index (χ3v) is 4.06. The molecule has 1 aromatic carbocycles. The fraction of sp³-hybridized carbons (Fsp3) is 0.588. The monoisotopic (exact) mass is 290 g/mol. The number of nitrogens with two attached hydrogens (primary N) is 1. The number of carbonyl (C=O) groups is 1. The summed E-state index contributed by atoms with van der Waals surface area (Å²) in [5.41, 5.74) is 8.36. The van der Waals surface area contributed by atoms with Gasteiger partial charge in [-0.15, -0.1) is 0 Å². The summed E-state index contributed by atoms with van der Waals surface area (Å²) < 4.78 is 5.81. The zero-order valence-corrected chi connectivity index (χ0v) is 13.4. The Kier molecular flexibility index (Phi) is 4.88. The second-order valence-corrected chi connectivity index (χ2v) is 6.27. The van der Waals surface area contributed by atoms with Gasteiger partial charge in [-0.25, -0.2) is 0 Å². The zero-order chi connectivity index (χ0) is 15.6. The number of hydrogen-bond donors (Lipinski definition) is 1. The van der Waals surface area contributed by atoms with E-state index >= 15 is 0 Å². The molecule has 2 atom stereocenters. The van der Waals surface area contributed by atoms with E-state index in [1.54, 1.807) is 11.8 Å². The van der Waals surface area contributed by atoms with E-state index in [0.717, 1.165) is 18.7 Å². The van der Waals surface area contributed by atoms with Crippen LogP contribution in [0.25, 0.3) is 0 Å². The Hall–Kier alpha value is -1.55. The minimum absolute atomic E-state index is 0.0218.